The summed E-state index contributed by atoms with van der Waals surface area (Å²) < 4.78 is 26.7. The Morgan fingerprint density at radius 1 is 1.03 bits per heavy atom. The van der Waals surface area contributed by atoms with Gasteiger partial charge in [-0.25, -0.2) is 0 Å². The molecule has 0 aliphatic rings. The Morgan fingerprint density at radius 3 is 2.49 bits per heavy atom. The molecule has 0 radical (unpaired) electrons. The van der Waals surface area contributed by atoms with Gasteiger partial charge in [0, 0.05) is 17.5 Å². The van der Waals surface area contributed by atoms with Crippen molar-refractivity contribution in [3.63, 3.8) is 0 Å². The number of ether oxygens (including phenoxy) is 4. The molecule has 12 heteroatoms. The second-order valence-corrected chi connectivity index (χ2v) is 7.20. The number of esters is 1. The van der Waals surface area contributed by atoms with Gasteiger partial charge in [0.05, 0.1) is 33.3 Å². The van der Waals surface area contributed by atoms with Crippen LogP contribution in [0.3, 0.4) is 0 Å². The van der Waals surface area contributed by atoms with Crippen LogP contribution in [0.25, 0.3) is 22.4 Å². The van der Waals surface area contributed by atoms with Gasteiger partial charge in [-0.05, 0) is 18.2 Å². The number of carbonyl (C=O) groups excluding carboxylic acids is 2. The molecular formula is C23H23N5O7. The first-order valence-corrected chi connectivity index (χ1v) is 10.5. The number of nitrogens with one attached hydrogen (secondary N) is 2. The van der Waals surface area contributed by atoms with Gasteiger partial charge >= 0.3 is 5.97 Å². The average Bonchev–Trinajstić information content (AvgIpc) is 3.54. The zero-order valence-corrected chi connectivity index (χ0v) is 19.3. The van der Waals surface area contributed by atoms with E-state index in [1.807, 2.05) is 18.2 Å². The van der Waals surface area contributed by atoms with Gasteiger partial charge in [-0.15, -0.1) is 10.2 Å². The van der Waals surface area contributed by atoms with E-state index in [1.54, 1.807) is 18.2 Å². The van der Waals surface area contributed by atoms with E-state index in [-0.39, 0.29) is 43.0 Å². The first-order chi connectivity index (χ1) is 17.0. The number of fused-ring (bicyclic) bond motifs is 1. The molecule has 2 aromatic heterocycles. The van der Waals surface area contributed by atoms with Crippen molar-refractivity contribution in [1.82, 2.24) is 25.7 Å². The lowest BCUT2D eigenvalue weighted by Gasteiger charge is -2.12. The summed E-state index contributed by atoms with van der Waals surface area (Å²) in [7, 11) is 4.50. The highest BCUT2D eigenvalue weighted by atomic mass is 16.5. The number of aromatic nitrogens is 4. The van der Waals surface area contributed by atoms with Crippen LogP contribution in [0, 0.1) is 0 Å². The van der Waals surface area contributed by atoms with Crippen LogP contribution in [0.15, 0.2) is 40.8 Å². The third kappa shape index (κ3) is 5.16. The summed E-state index contributed by atoms with van der Waals surface area (Å²) >= 11 is 0. The highest BCUT2D eigenvalue weighted by Gasteiger charge is 2.18. The van der Waals surface area contributed by atoms with Gasteiger partial charge in [0.25, 0.3) is 11.8 Å². The molecule has 0 aliphatic heterocycles. The zero-order chi connectivity index (χ0) is 24.8. The Hall–Kier alpha value is -4.61. The molecule has 0 saturated carbocycles. The second-order valence-electron chi connectivity index (χ2n) is 7.20. The molecule has 0 aliphatic carbocycles. The van der Waals surface area contributed by atoms with Crippen LogP contribution in [0.4, 0.5) is 0 Å². The van der Waals surface area contributed by atoms with E-state index < -0.39 is 5.97 Å². The number of methoxy groups -OCH3 is 3. The van der Waals surface area contributed by atoms with Crippen molar-refractivity contribution < 1.29 is 33.0 Å². The molecule has 0 spiro atoms. The monoisotopic (exact) mass is 481 g/mol. The first kappa shape index (κ1) is 23.5. The fourth-order valence-corrected chi connectivity index (χ4v) is 3.35. The number of para-hydroxylation sites is 1. The van der Waals surface area contributed by atoms with Gasteiger partial charge in [0.1, 0.15) is 0 Å². The predicted octanol–water partition coefficient (Wildman–Crippen LogP) is 2.50. The Labute approximate surface area is 199 Å². The van der Waals surface area contributed by atoms with Crippen molar-refractivity contribution in [2.45, 2.75) is 13.0 Å². The molecule has 2 N–H and O–H groups in total. The van der Waals surface area contributed by atoms with Crippen molar-refractivity contribution in [3.05, 3.63) is 48.0 Å². The molecule has 4 rings (SSSR count). The van der Waals surface area contributed by atoms with E-state index in [0.29, 0.717) is 28.2 Å². The van der Waals surface area contributed by atoms with Crippen molar-refractivity contribution >= 4 is 22.8 Å². The van der Waals surface area contributed by atoms with E-state index in [2.05, 4.69) is 25.7 Å². The highest BCUT2D eigenvalue weighted by molar-refractivity contribution is 6.04. The van der Waals surface area contributed by atoms with Gasteiger partial charge in [-0.1, -0.05) is 18.2 Å². The fourth-order valence-electron chi connectivity index (χ4n) is 3.35. The number of H-pyrrole nitrogens is 1. The van der Waals surface area contributed by atoms with E-state index >= 15 is 0 Å². The summed E-state index contributed by atoms with van der Waals surface area (Å²) in [5, 5.41) is 18.1. The summed E-state index contributed by atoms with van der Waals surface area (Å²) in [4.78, 5) is 24.4. The quantitative estimate of drug-likeness (QED) is 0.323. The van der Waals surface area contributed by atoms with Gasteiger partial charge in [0.15, 0.2) is 23.8 Å². The molecular weight excluding hydrogens is 458 g/mol. The summed E-state index contributed by atoms with van der Waals surface area (Å²) in [6.45, 7) is -0.131. The number of aromatic amines is 1. The zero-order valence-electron chi connectivity index (χ0n) is 19.3. The van der Waals surface area contributed by atoms with Crippen LogP contribution in [0.2, 0.25) is 0 Å². The minimum atomic E-state index is -0.537. The third-order valence-electron chi connectivity index (χ3n) is 5.04. The van der Waals surface area contributed by atoms with E-state index in [1.165, 1.54) is 21.3 Å². The van der Waals surface area contributed by atoms with E-state index in [0.717, 1.165) is 5.52 Å². The number of amides is 1. The molecule has 0 unspecified atom stereocenters. The normalized spacial score (nSPS) is 10.7. The van der Waals surface area contributed by atoms with Gasteiger partial charge < -0.3 is 28.7 Å². The van der Waals surface area contributed by atoms with Crippen molar-refractivity contribution in [1.29, 1.82) is 0 Å². The standard InChI is InChI=1S/C23H23N5O7/c1-31-16-10-13(11-17(32-2)21(16)33-3)23-28-26-18(35-23)12-34-19(29)8-9-24-22(30)20-14-6-4-5-7-15(14)25-27-20/h4-7,10-11H,8-9,12H2,1-3H3,(H,24,30)(H,25,27). The number of hydrogen-bond donors (Lipinski definition) is 2. The smallest absolute Gasteiger partial charge is 0.308 e. The summed E-state index contributed by atoms with van der Waals surface area (Å²) in [5.41, 5.74) is 1.56. The number of rotatable bonds is 10. The van der Waals surface area contributed by atoms with Crippen molar-refractivity contribution in [2.24, 2.45) is 0 Å². The number of nitrogens with zero attached hydrogens (tertiary/aromatic N) is 3. The molecule has 35 heavy (non-hydrogen) atoms. The summed E-state index contributed by atoms with van der Waals surface area (Å²) in [5.74, 6) is 0.658. The molecule has 2 heterocycles. The van der Waals surface area contributed by atoms with Crippen LogP contribution < -0.4 is 19.5 Å². The SMILES string of the molecule is COc1cc(-c2nnc(COC(=O)CCNC(=O)c3n[nH]c4ccccc34)o2)cc(OC)c1OC. The number of benzene rings is 2. The van der Waals surface area contributed by atoms with Crippen LogP contribution in [0.1, 0.15) is 22.8 Å². The lowest BCUT2D eigenvalue weighted by molar-refractivity contribution is -0.145. The van der Waals surface area contributed by atoms with Crippen molar-refractivity contribution in [2.75, 3.05) is 27.9 Å². The molecule has 0 saturated heterocycles. The van der Waals surface area contributed by atoms with E-state index in [9.17, 15) is 9.59 Å². The molecule has 4 aromatic rings. The number of carbonyl (C=O) groups is 2. The highest BCUT2D eigenvalue weighted by Crippen LogP contribution is 2.40. The van der Waals surface area contributed by atoms with Crippen LogP contribution in [0.5, 0.6) is 17.2 Å². The van der Waals surface area contributed by atoms with Gasteiger partial charge in [-0.3, -0.25) is 14.7 Å². The molecule has 2 aromatic carbocycles. The Kier molecular flexibility index (Phi) is 7.10. The molecule has 1 amide bonds. The second kappa shape index (κ2) is 10.5. The van der Waals surface area contributed by atoms with Crippen LogP contribution in [-0.4, -0.2) is 60.1 Å². The Bertz CT molecular complexity index is 1320. The lowest BCUT2D eigenvalue weighted by atomic mass is 10.2. The summed E-state index contributed by atoms with van der Waals surface area (Å²) in [6, 6.07) is 10.6. The minimum absolute atomic E-state index is 0.0397. The maximum absolute atomic E-state index is 12.3. The maximum Gasteiger partial charge on any atom is 0.308 e. The third-order valence-corrected chi connectivity index (χ3v) is 5.04. The minimum Gasteiger partial charge on any atom is -0.493 e. The summed E-state index contributed by atoms with van der Waals surface area (Å²) in [6.07, 6.45) is -0.0397. The molecule has 0 atom stereocenters. The fraction of sp³-hybridized carbons (Fsp3) is 0.261. The van der Waals surface area contributed by atoms with Crippen molar-refractivity contribution in [3.8, 4) is 28.7 Å². The molecule has 182 valence electrons. The molecule has 12 nitrogen and oxygen atoms in total. The van der Waals surface area contributed by atoms with Crippen LogP contribution >= 0.6 is 0 Å². The number of hydrogen-bond acceptors (Lipinski definition) is 10. The predicted molar refractivity (Wildman–Crippen MR) is 122 cm³/mol. The Balaban J connectivity index is 1.29. The lowest BCUT2D eigenvalue weighted by Crippen LogP contribution is -2.27. The largest absolute Gasteiger partial charge is 0.493 e. The molecule has 0 bridgehead atoms. The topological polar surface area (TPSA) is 151 Å². The molecule has 0 fully saturated rings. The first-order valence-electron chi connectivity index (χ1n) is 10.5. The van der Waals surface area contributed by atoms with Gasteiger partial charge in [-0.2, -0.15) is 5.10 Å². The average molecular weight is 481 g/mol. The van der Waals surface area contributed by atoms with Crippen LogP contribution in [-0.2, 0) is 16.1 Å². The van der Waals surface area contributed by atoms with E-state index in [4.69, 9.17) is 23.4 Å². The Morgan fingerprint density at radius 2 is 1.77 bits per heavy atom. The maximum atomic E-state index is 12.3. The van der Waals surface area contributed by atoms with Gasteiger partial charge in [0.2, 0.25) is 11.6 Å².